The van der Waals surface area contributed by atoms with Crippen LogP contribution < -0.4 is 10.6 Å². The first-order valence-electron chi connectivity index (χ1n) is 13.7. The zero-order valence-electron chi connectivity index (χ0n) is 21.9. The number of rotatable bonds is 6. The molecule has 6 rings (SSSR count). The van der Waals surface area contributed by atoms with Gasteiger partial charge in [0.05, 0.1) is 29.8 Å². The number of nitrogens with zero attached hydrogens (tertiary/aromatic N) is 5. The van der Waals surface area contributed by atoms with Gasteiger partial charge >= 0.3 is 0 Å². The summed E-state index contributed by atoms with van der Waals surface area (Å²) in [6.07, 6.45) is 11.9. The van der Waals surface area contributed by atoms with E-state index in [9.17, 15) is 9.59 Å². The Hall–Kier alpha value is -3.37. The van der Waals surface area contributed by atoms with Gasteiger partial charge in [-0.05, 0) is 93.6 Å². The van der Waals surface area contributed by atoms with Gasteiger partial charge in [-0.1, -0.05) is 6.42 Å². The molecule has 2 N–H and O–H groups in total. The third kappa shape index (κ3) is 5.15. The third-order valence-corrected chi connectivity index (χ3v) is 8.65. The number of fused-ring (bicyclic) bond motifs is 1. The van der Waals surface area contributed by atoms with E-state index < -0.39 is 0 Å². The van der Waals surface area contributed by atoms with Gasteiger partial charge in [-0.25, -0.2) is 0 Å². The standard InChI is InChI=1S/C28H35N7O3/c1-19-23(16-22(17-29-19)30-25(36)18-34-11-8-28(9-12-34)6-2-7-28)31-27(37)26-33-32-24-15-21(3-10-35(24)26)20-4-13-38-14-5-20/h3,10,15-17,20H,2,4-9,11-14,18H2,1H3,(H,30,36)(H,31,37). The van der Waals surface area contributed by atoms with Crippen LogP contribution in [0.3, 0.4) is 0 Å². The Bertz CT molecular complexity index is 1330. The highest BCUT2D eigenvalue weighted by Gasteiger charge is 2.39. The minimum Gasteiger partial charge on any atom is -0.381 e. The van der Waals surface area contributed by atoms with E-state index in [0.717, 1.165) is 39.1 Å². The smallest absolute Gasteiger partial charge is 0.294 e. The number of aryl methyl sites for hydroxylation is 1. The number of anilines is 2. The van der Waals surface area contributed by atoms with E-state index in [2.05, 4.69) is 30.7 Å². The molecule has 3 aromatic rings. The number of hydrogen-bond donors (Lipinski definition) is 2. The molecule has 2 aliphatic heterocycles. The summed E-state index contributed by atoms with van der Waals surface area (Å²) in [5, 5.41) is 14.2. The van der Waals surface area contributed by atoms with Crippen molar-refractivity contribution < 1.29 is 14.3 Å². The first kappa shape index (κ1) is 24.9. The lowest BCUT2D eigenvalue weighted by Crippen LogP contribution is -2.45. The minimum absolute atomic E-state index is 0.0683. The van der Waals surface area contributed by atoms with E-state index in [1.165, 1.54) is 37.7 Å². The lowest BCUT2D eigenvalue weighted by Gasteiger charge is -2.47. The average molecular weight is 518 g/mol. The molecule has 3 fully saturated rings. The zero-order chi connectivity index (χ0) is 26.1. The first-order valence-corrected chi connectivity index (χ1v) is 13.7. The Kier molecular flexibility index (Phi) is 6.84. The number of carbonyl (C=O) groups is 2. The highest BCUT2D eigenvalue weighted by molar-refractivity contribution is 6.03. The number of hydrogen-bond acceptors (Lipinski definition) is 7. The summed E-state index contributed by atoms with van der Waals surface area (Å²) in [4.78, 5) is 32.5. The molecule has 0 atom stereocenters. The molecule has 10 nitrogen and oxygen atoms in total. The fourth-order valence-electron chi connectivity index (χ4n) is 6.02. The summed E-state index contributed by atoms with van der Waals surface area (Å²) in [7, 11) is 0. The van der Waals surface area contributed by atoms with Crippen LogP contribution >= 0.6 is 0 Å². The van der Waals surface area contributed by atoms with E-state index in [1.807, 2.05) is 25.3 Å². The van der Waals surface area contributed by atoms with Crippen LogP contribution in [0.5, 0.6) is 0 Å². The van der Waals surface area contributed by atoms with Crippen LogP contribution in [0, 0.1) is 12.3 Å². The number of piperidine rings is 1. The predicted octanol–water partition coefficient (Wildman–Crippen LogP) is 3.78. The van der Waals surface area contributed by atoms with Gasteiger partial charge in [-0.3, -0.25) is 23.9 Å². The number of likely N-dealkylation sites (tertiary alicyclic amines) is 1. The Morgan fingerprint density at radius 2 is 1.87 bits per heavy atom. The number of nitrogens with one attached hydrogen (secondary N) is 2. The first-order chi connectivity index (χ1) is 18.5. The maximum absolute atomic E-state index is 13.1. The van der Waals surface area contributed by atoms with Crippen LogP contribution in [0.25, 0.3) is 5.65 Å². The van der Waals surface area contributed by atoms with Gasteiger partial charge in [0.25, 0.3) is 5.91 Å². The van der Waals surface area contributed by atoms with Crippen LogP contribution in [0.15, 0.2) is 30.6 Å². The fraction of sp³-hybridized carbons (Fsp3) is 0.536. The van der Waals surface area contributed by atoms with Gasteiger partial charge in [0.15, 0.2) is 5.65 Å². The molecule has 0 unspecified atom stereocenters. The predicted molar refractivity (Wildman–Crippen MR) is 143 cm³/mol. The molecule has 1 aliphatic carbocycles. The summed E-state index contributed by atoms with van der Waals surface area (Å²) in [6, 6.07) is 5.77. The van der Waals surface area contributed by atoms with Gasteiger partial charge < -0.3 is 15.4 Å². The monoisotopic (exact) mass is 517 g/mol. The second-order valence-electron chi connectivity index (χ2n) is 11.1. The molecule has 2 saturated heterocycles. The maximum Gasteiger partial charge on any atom is 0.294 e. The van der Waals surface area contributed by atoms with Gasteiger partial charge in [-0.2, -0.15) is 0 Å². The summed E-state index contributed by atoms with van der Waals surface area (Å²) in [5.41, 5.74) is 4.10. The van der Waals surface area contributed by atoms with Crippen LogP contribution in [0.1, 0.15) is 72.7 Å². The summed E-state index contributed by atoms with van der Waals surface area (Å²) >= 11 is 0. The molecule has 0 radical (unpaired) electrons. The van der Waals surface area contributed by atoms with E-state index >= 15 is 0 Å². The van der Waals surface area contributed by atoms with E-state index in [-0.39, 0.29) is 17.6 Å². The normalized spacial score (nSPS) is 19.8. The van der Waals surface area contributed by atoms with E-state index in [1.54, 1.807) is 16.7 Å². The molecular formula is C28H35N7O3. The SMILES string of the molecule is Cc1ncc(NC(=O)CN2CCC3(CCC3)CC2)cc1NC(=O)c1nnc2cc(C3CCOCC3)ccn12. The van der Waals surface area contributed by atoms with Crippen molar-refractivity contribution in [2.75, 3.05) is 43.5 Å². The summed E-state index contributed by atoms with van der Waals surface area (Å²) in [5.74, 6) is 0.176. The van der Waals surface area contributed by atoms with Crippen molar-refractivity contribution in [3.05, 3.63) is 47.7 Å². The Morgan fingerprint density at radius 3 is 2.61 bits per heavy atom. The van der Waals surface area contributed by atoms with Crippen molar-refractivity contribution in [1.82, 2.24) is 24.5 Å². The number of ether oxygens (including phenoxy) is 1. The van der Waals surface area contributed by atoms with Crippen molar-refractivity contribution in [2.24, 2.45) is 5.41 Å². The van der Waals surface area contributed by atoms with Crippen molar-refractivity contribution in [2.45, 2.75) is 57.8 Å². The van der Waals surface area contributed by atoms with Crippen molar-refractivity contribution >= 4 is 28.8 Å². The molecule has 0 aromatic carbocycles. The average Bonchev–Trinajstić information content (AvgIpc) is 3.34. The molecule has 3 aromatic heterocycles. The summed E-state index contributed by atoms with van der Waals surface area (Å²) < 4.78 is 7.16. The Labute approximate surface area is 222 Å². The Morgan fingerprint density at radius 1 is 1.08 bits per heavy atom. The number of carbonyl (C=O) groups excluding carboxylic acids is 2. The van der Waals surface area contributed by atoms with Gasteiger partial charge in [0.1, 0.15) is 0 Å². The van der Waals surface area contributed by atoms with Crippen molar-refractivity contribution in [3.8, 4) is 0 Å². The van der Waals surface area contributed by atoms with Gasteiger partial charge in [-0.15, -0.1) is 10.2 Å². The molecule has 200 valence electrons. The molecule has 38 heavy (non-hydrogen) atoms. The molecular weight excluding hydrogens is 482 g/mol. The van der Waals surface area contributed by atoms with E-state index in [0.29, 0.717) is 40.6 Å². The van der Waals surface area contributed by atoms with Crippen LogP contribution in [-0.2, 0) is 9.53 Å². The Balaban J connectivity index is 1.09. The van der Waals surface area contributed by atoms with Gasteiger partial charge in [0.2, 0.25) is 11.7 Å². The molecule has 1 saturated carbocycles. The van der Waals surface area contributed by atoms with E-state index in [4.69, 9.17) is 4.74 Å². The van der Waals surface area contributed by atoms with Crippen molar-refractivity contribution in [3.63, 3.8) is 0 Å². The number of aromatic nitrogens is 4. The highest BCUT2D eigenvalue weighted by Crippen LogP contribution is 2.48. The lowest BCUT2D eigenvalue weighted by atomic mass is 9.63. The number of pyridine rings is 2. The second-order valence-corrected chi connectivity index (χ2v) is 11.1. The molecule has 1 spiro atoms. The number of amides is 2. The maximum atomic E-state index is 13.1. The third-order valence-electron chi connectivity index (χ3n) is 8.65. The molecule has 0 bridgehead atoms. The quantitative estimate of drug-likeness (QED) is 0.511. The minimum atomic E-state index is -0.386. The van der Waals surface area contributed by atoms with Gasteiger partial charge in [0, 0.05) is 19.4 Å². The molecule has 5 heterocycles. The lowest BCUT2D eigenvalue weighted by molar-refractivity contribution is -0.118. The molecule has 10 heteroatoms. The molecule has 3 aliphatic rings. The topological polar surface area (TPSA) is 114 Å². The summed E-state index contributed by atoms with van der Waals surface area (Å²) in [6.45, 7) is 5.66. The fourth-order valence-corrected chi connectivity index (χ4v) is 6.02. The molecule has 2 amide bonds. The van der Waals surface area contributed by atoms with Crippen molar-refractivity contribution in [1.29, 1.82) is 0 Å². The van der Waals surface area contributed by atoms with Crippen LogP contribution in [-0.4, -0.2) is 69.1 Å². The van der Waals surface area contributed by atoms with Crippen LogP contribution in [0.2, 0.25) is 0 Å². The van der Waals surface area contributed by atoms with Crippen LogP contribution in [0.4, 0.5) is 11.4 Å². The highest BCUT2D eigenvalue weighted by atomic mass is 16.5. The zero-order valence-corrected chi connectivity index (χ0v) is 21.9. The second kappa shape index (κ2) is 10.4. The largest absolute Gasteiger partial charge is 0.381 e.